The maximum Gasteiger partial charge on any atom is 0.274 e. The van der Waals surface area contributed by atoms with Gasteiger partial charge < -0.3 is 10.6 Å². The van der Waals surface area contributed by atoms with Crippen LogP contribution in [-0.2, 0) is 0 Å². The minimum absolute atomic E-state index is 0.123. The third-order valence-corrected chi connectivity index (χ3v) is 3.51. The van der Waals surface area contributed by atoms with Crippen molar-refractivity contribution < 1.29 is 4.79 Å². The van der Waals surface area contributed by atoms with Gasteiger partial charge >= 0.3 is 0 Å². The van der Waals surface area contributed by atoms with Crippen molar-refractivity contribution in [1.82, 2.24) is 9.88 Å². The summed E-state index contributed by atoms with van der Waals surface area (Å²) >= 11 is 5.98. The Kier molecular flexibility index (Phi) is 4.25. The van der Waals surface area contributed by atoms with Crippen LogP contribution in [0, 0.1) is 0 Å². The molecule has 0 spiro atoms. The molecule has 5 heteroatoms. The van der Waals surface area contributed by atoms with Gasteiger partial charge in [0.1, 0.15) is 0 Å². The van der Waals surface area contributed by atoms with E-state index in [9.17, 15) is 4.79 Å². The van der Waals surface area contributed by atoms with Gasteiger partial charge in [0.15, 0.2) is 5.69 Å². The molecule has 2 rings (SSSR count). The van der Waals surface area contributed by atoms with Crippen molar-refractivity contribution >= 4 is 23.2 Å². The van der Waals surface area contributed by atoms with E-state index in [0.29, 0.717) is 10.7 Å². The topological polar surface area (TPSA) is 59.2 Å². The number of amides is 1. The van der Waals surface area contributed by atoms with Crippen LogP contribution in [0.2, 0.25) is 5.02 Å². The van der Waals surface area contributed by atoms with E-state index in [1.54, 1.807) is 36.3 Å². The predicted molar refractivity (Wildman–Crippen MR) is 80.6 cm³/mol. The Balaban J connectivity index is 2.25. The Bertz CT molecular complexity index is 630. The molecule has 0 aliphatic heterocycles. The lowest BCUT2D eigenvalue weighted by molar-refractivity contribution is 0.0738. The van der Waals surface area contributed by atoms with Gasteiger partial charge in [-0.05, 0) is 36.8 Å². The highest BCUT2D eigenvalue weighted by atomic mass is 35.5. The second-order valence-electron chi connectivity index (χ2n) is 4.59. The minimum Gasteiger partial charge on any atom is -0.397 e. The van der Waals surface area contributed by atoms with E-state index in [1.165, 1.54) is 0 Å². The summed E-state index contributed by atoms with van der Waals surface area (Å²) in [5.41, 5.74) is 7.40. The first-order valence-corrected chi connectivity index (χ1v) is 6.61. The van der Waals surface area contributed by atoms with Gasteiger partial charge in [-0.1, -0.05) is 23.7 Å². The van der Waals surface area contributed by atoms with Crippen LogP contribution in [0.15, 0.2) is 42.6 Å². The fraction of sp³-hybridized carbons (Fsp3) is 0.200. The molecule has 0 aliphatic carbocycles. The first-order chi connectivity index (χ1) is 9.50. The number of carbonyl (C=O) groups is 1. The first kappa shape index (κ1) is 14.3. The van der Waals surface area contributed by atoms with E-state index in [-0.39, 0.29) is 17.6 Å². The largest absolute Gasteiger partial charge is 0.397 e. The number of nitrogens with zero attached hydrogens (tertiary/aromatic N) is 2. The molecule has 0 fully saturated rings. The van der Waals surface area contributed by atoms with Gasteiger partial charge in [0.05, 0.1) is 11.7 Å². The molecule has 4 nitrogen and oxygen atoms in total. The number of nitrogens with two attached hydrogens (primary N) is 1. The number of pyridine rings is 1. The van der Waals surface area contributed by atoms with Gasteiger partial charge in [-0.25, -0.2) is 4.98 Å². The second kappa shape index (κ2) is 5.92. The molecular weight excluding hydrogens is 274 g/mol. The van der Waals surface area contributed by atoms with E-state index in [4.69, 9.17) is 17.3 Å². The van der Waals surface area contributed by atoms with E-state index >= 15 is 0 Å². The van der Waals surface area contributed by atoms with Crippen molar-refractivity contribution in [2.45, 2.75) is 13.0 Å². The molecule has 104 valence electrons. The molecule has 0 saturated heterocycles. The first-order valence-electron chi connectivity index (χ1n) is 6.24. The van der Waals surface area contributed by atoms with Gasteiger partial charge in [0.2, 0.25) is 0 Å². The molecule has 1 unspecified atom stereocenters. The lowest BCUT2D eigenvalue weighted by Crippen LogP contribution is -2.30. The summed E-state index contributed by atoms with van der Waals surface area (Å²) in [7, 11) is 1.72. The summed E-state index contributed by atoms with van der Waals surface area (Å²) in [5.74, 6) is -0.212. The molecule has 2 aromatic rings. The lowest BCUT2D eigenvalue weighted by atomic mass is 10.1. The highest BCUT2D eigenvalue weighted by Gasteiger charge is 2.21. The molecule has 2 N–H and O–H groups in total. The van der Waals surface area contributed by atoms with Gasteiger partial charge in [0.25, 0.3) is 5.91 Å². The molecular formula is C15H16ClN3O. The minimum atomic E-state index is -0.212. The number of benzene rings is 1. The Morgan fingerprint density at radius 1 is 1.35 bits per heavy atom. The molecule has 1 amide bonds. The highest BCUT2D eigenvalue weighted by molar-refractivity contribution is 6.30. The maximum absolute atomic E-state index is 12.4. The smallest absolute Gasteiger partial charge is 0.274 e. The highest BCUT2D eigenvalue weighted by Crippen LogP contribution is 2.23. The monoisotopic (exact) mass is 289 g/mol. The molecule has 0 radical (unpaired) electrons. The molecule has 1 heterocycles. The van der Waals surface area contributed by atoms with E-state index < -0.39 is 0 Å². The van der Waals surface area contributed by atoms with E-state index in [2.05, 4.69) is 4.98 Å². The van der Waals surface area contributed by atoms with Crippen LogP contribution < -0.4 is 5.73 Å². The average molecular weight is 290 g/mol. The number of carbonyl (C=O) groups excluding carboxylic acids is 1. The molecule has 0 bridgehead atoms. The van der Waals surface area contributed by atoms with Crippen LogP contribution in [0.4, 0.5) is 5.69 Å². The van der Waals surface area contributed by atoms with E-state index in [1.807, 2.05) is 25.1 Å². The van der Waals surface area contributed by atoms with Gasteiger partial charge in [-0.3, -0.25) is 4.79 Å². The zero-order valence-corrected chi connectivity index (χ0v) is 12.1. The van der Waals surface area contributed by atoms with Crippen LogP contribution in [0.5, 0.6) is 0 Å². The summed E-state index contributed by atoms with van der Waals surface area (Å²) in [4.78, 5) is 18.1. The fourth-order valence-electron chi connectivity index (χ4n) is 1.93. The summed E-state index contributed by atoms with van der Waals surface area (Å²) in [6.45, 7) is 1.93. The Labute approximate surface area is 123 Å². The lowest BCUT2D eigenvalue weighted by Gasteiger charge is -2.25. The van der Waals surface area contributed by atoms with Crippen molar-refractivity contribution in [3.63, 3.8) is 0 Å². The van der Waals surface area contributed by atoms with Crippen molar-refractivity contribution in [2.24, 2.45) is 0 Å². The van der Waals surface area contributed by atoms with Gasteiger partial charge in [0, 0.05) is 18.3 Å². The second-order valence-corrected chi connectivity index (χ2v) is 5.02. The van der Waals surface area contributed by atoms with Crippen molar-refractivity contribution in [2.75, 3.05) is 12.8 Å². The number of hydrogen-bond acceptors (Lipinski definition) is 3. The zero-order valence-electron chi connectivity index (χ0n) is 11.4. The van der Waals surface area contributed by atoms with E-state index in [0.717, 1.165) is 5.56 Å². The van der Waals surface area contributed by atoms with Crippen LogP contribution >= 0.6 is 11.6 Å². The third kappa shape index (κ3) is 2.91. The normalized spacial score (nSPS) is 11.9. The van der Waals surface area contributed by atoms with Crippen molar-refractivity contribution in [3.8, 4) is 0 Å². The number of hydrogen-bond donors (Lipinski definition) is 1. The number of nitrogen functional groups attached to an aromatic ring is 1. The zero-order chi connectivity index (χ0) is 14.7. The quantitative estimate of drug-likeness (QED) is 0.944. The molecule has 0 aliphatic rings. The average Bonchev–Trinajstić information content (AvgIpc) is 2.45. The summed E-state index contributed by atoms with van der Waals surface area (Å²) in [5, 5.41) is 0.646. The predicted octanol–water partition coefficient (Wildman–Crippen LogP) is 3.15. The van der Waals surface area contributed by atoms with Crippen LogP contribution in [0.3, 0.4) is 0 Å². The SMILES string of the molecule is CC(c1cccc(Cl)c1)N(C)C(=O)c1ncccc1N. The van der Waals surface area contributed by atoms with Gasteiger partial charge in [-0.2, -0.15) is 0 Å². The summed E-state index contributed by atoms with van der Waals surface area (Å²) < 4.78 is 0. The Morgan fingerprint density at radius 3 is 2.75 bits per heavy atom. The summed E-state index contributed by atoms with van der Waals surface area (Å²) in [6.07, 6.45) is 1.56. The fourth-order valence-corrected chi connectivity index (χ4v) is 2.13. The Morgan fingerprint density at radius 2 is 2.10 bits per heavy atom. The maximum atomic E-state index is 12.4. The third-order valence-electron chi connectivity index (χ3n) is 3.27. The van der Waals surface area contributed by atoms with Crippen LogP contribution in [-0.4, -0.2) is 22.8 Å². The summed E-state index contributed by atoms with van der Waals surface area (Å²) in [6, 6.07) is 10.7. The van der Waals surface area contributed by atoms with Crippen LogP contribution in [0.25, 0.3) is 0 Å². The Hall–Kier alpha value is -2.07. The standard InChI is InChI=1S/C15H16ClN3O/c1-10(11-5-3-6-12(16)9-11)19(2)15(20)14-13(17)7-4-8-18-14/h3-10H,17H2,1-2H3. The molecule has 0 saturated carbocycles. The number of rotatable bonds is 3. The van der Waals surface area contributed by atoms with Gasteiger partial charge in [-0.15, -0.1) is 0 Å². The van der Waals surface area contributed by atoms with Crippen molar-refractivity contribution in [1.29, 1.82) is 0 Å². The molecule has 1 atom stereocenters. The molecule has 20 heavy (non-hydrogen) atoms. The number of aromatic nitrogens is 1. The number of anilines is 1. The van der Waals surface area contributed by atoms with Crippen LogP contribution in [0.1, 0.15) is 29.0 Å². The molecule has 1 aromatic heterocycles. The molecule has 1 aromatic carbocycles. The van der Waals surface area contributed by atoms with Crippen molar-refractivity contribution in [3.05, 3.63) is 58.9 Å². The number of halogens is 1.